The second-order valence-corrected chi connectivity index (χ2v) is 23.8. The Morgan fingerprint density at radius 3 is 1.61 bits per heavy atom. The Morgan fingerprint density at radius 1 is 0.632 bits per heavy atom. The number of ether oxygens (including phenoxy) is 2. The van der Waals surface area contributed by atoms with Crippen molar-refractivity contribution < 1.29 is 85.6 Å². The van der Waals surface area contributed by atoms with Crippen LogP contribution in [0.15, 0.2) is 30.3 Å². The largest absolute Gasteiger partial charge is 0.444 e. The number of alkyl halides is 3. The van der Waals surface area contributed by atoms with Crippen molar-refractivity contribution in [2.24, 2.45) is 11.7 Å². The number of hydrogen-bond donors (Lipinski definition) is 14. The molecule has 15 N–H and O–H groups in total. The number of aliphatic hydroxyl groups is 2. The Bertz CT molecular complexity index is 2460. The molecule has 0 unspecified atom stereocenters. The molecule has 0 saturated carbocycles. The van der Waals surface area contributed by atoms with Crippen LogP contribution in [0.3, 0.4) is 0 Å². The molecule has 87 heavy (non-hydrogen) atoms. The molecule has 1 heterocycles. The monoisotopic (exact) mass is 1240 g/mol. The van der Waals surface area contributed by atoms with Crippen LogP contribution in [0.25, 0.3) is 0 Å². The fourth-order valence-electron chi connectivity index (χ4n) is 8.63. The summed E-state index contributed by atoms with van der Waals surface area (Å²) in [5.41, 5.74) is 4.43. The summed E-state index contributed by atoms with van der Waals surface area (Å²) in [6, 6.07) is -6.15. The van der Waals surface area contributed by atoms with Gasteiger partial charge in [0.15, 0.2) is 0 Å². The van der Waals surface area contributed by atoms with Gasteiger partial charge in [0.1, 0.15) is 65.6 Å². The molecule has 0 aliphatic carbocycles. The van der Waals surface area contributed by atoms with Gasteiger partial charge in [-0.15, -0.1) is 0 Å². The third kappa shape index (κ3) is 29.7. The Morgan fingerprint density at radius 2 is 1.10 bits per heavy atom. The molecule has 0 bridgehead atoms. The lowest BCUT2D eigenvalue weighted by molar-refractivity contribution is -0.143. The average molecular weight is 1240 g/mol. The molecule has 492 valence electrons. The van der Waals surface area contributed by atoms with E-state index in [2.05, 4.69) is 58.5 Å². The van der Waals surface area contributed by atoms with Crippen LogP contribution in [0.4, 0.5) is 22.8 Å². The van der Waals surface area contributed by atoms with Gasteiger partial charge in [0, 0.05) is 32.5 Å². The zero-order valence-corrected chi connectivity index (χ0v) is 51.6. The molecule has 2 rings (SSSR count). The van der Waals surface area contributed by atoms with E-state index < -0.39 is 195 Å². The lowest BCUT2D eigenvalue weighted by Gasteiger charge is -2.29. The lowest BCUT2D eigenvalue weighted by atomic mass is 10.00. The van der Waals surface area contributed by atoms with Crippen molar-refractivity contribution in [3.63, 3.8) is 0 Å². The molecule has 0 radical (unpaired) electrons. The van der Waals surface area contributed by atoms with Gasteiger partial charge in [0.25, 0.3) is 0 Å². The van der Waals surface area contributed by atoms with E-state index in [1.54, 1.807) is 99.6 Å². The van der Waals surface area contributed by atoms with E-state index >= 15 is 0 Å². The van der Waals surface area contributed by atoms with Gasteiger partial charge >= 0.3 is 18.4 Å². The number of nitrogens with two attached hydrogens (primary N) is 1. The second kappa shape index (κ2) is 36.1. The molecule has 11 atom stereocenters. The van der Waals surface area contributed by atoms with Gasteiger partial charge < -0.3 is 83.9 Å². The molecule has 1 fully saturated rings. The highest BCUT2D eigenvalue weighted by molar-refractivity contribution is 5.98. The molecule has 27 nitrogen and oxygen atoms in total. The van der Waals surface area contributed by atoms with Crippen LogP contribution in [0.2, 0.25) is 0 Å². The Kier molecular flexibility index (Phi) is 31.4. The van der Waals surface area contributed by atoms with Gasteiger partial charge in [-0.05, 0) is 105 Å². The number of hydrogen-bond acceptors (Lipinski definition) is 16. The van der Waals surface area contributed by atoms with Crippen molar-refractivity contribution in [1.82, 2.24) is 58.5 Å². The molecule has 0 aromatic heterocycles. The zero-order valence-electron chi connectivity index (χ0n) is 51.6. The van der Waals surface area contributed by atoms with Crippen molar-refractivity contribution >= 4 is 65.4 Å². The van der Waals surface area contributed by atoms with Gasteiger partial charge in [-0.1, -0.05) is 70.9 Å². The fraction of sp³-hybridized carbons (Fsp3) is 0.702. The predicted octanol–water partition coefficient (Wildman–Crippen LogP) is 0.515. The summed E-state index contributed by atoms with van der Waals surface area (Å²) in [4.78, 5) is 154. The second-order valence-electron chi connectivity index (χ2n) is 23.8. The highest BCUT2D eigenvalue weighted by Gasteiger charge is 2.38. The van der Waals surface area contributed by atoms with Crippen molar-refractivity contribution in [3.05, 3.63) is 35.9 Å². The van der Waals surface area contributed by atoms with E-state index in [1.807, 2.05) is 0 Å². The number of aliphatic hydroxyl groups excluding tert-OH is 2. The Balaban J connectivity index is 2.92. The third-order valence-electron chi connectivity index (χ3n) is 13.0. The van der Waals surface area contributed by atoms with Gasteiger partial charge in [0.05, 0.1) is 12.2 Å². The molecule has 1 aromatic rings. The summed E-state index contributed by atoms with van der Waals surface area (Å²) in [7, 11) is 0. The van der Waals surface area contributed by atoms with E-state index in [9.17, 15) is 76.1 Å². The van der Waals surface area contributed by atoms with Crippen LogP contribution in [-0.4, -0.2) is 179 Å². The minimum atomic E-state index is -4.74. The SMILES string of the molecule is CCC[C@@H]1NC(=O)[C@H](CC(C)C)NC(=O)[C@@H](Cc2ccccc2)NC(=O)[C@H](CCNC(=O)OC(C)(C)C)NC(=O)[C@@H](NC(=O)[C@H](CCNC(=O)OC(C)(C)C)NC(=O)[C@@H](N)[C@H](O)CCC(F)(F)F)CCNC(=O)[C@H]([C@@H](C)O)NC(=O)[C@H](CCC)NC1=O. The molecule has 1 aliphatic heterocycles. The number of rotatable bonds is 22. The standard InChI is InChI=1S/C57H93F3N12O15/c1-12-17-34-44(75)65-35(18-13-2)48(79)72-43(32(5)73)52(83)62-26-22-36(67-46(77)38(24-28-64-54(85)87-56(9,10)11)69-51(82)42(61)41(74)21-25-57(58,59)60)45(76)68-37(23-27-63-53(84)86-55(6,7)8)47(78)71-40(30-33-19-15-14-16-20-33)50(81)70-39(29-31(3)4)49(80)66-34/h14-16,19-20,31-32,34-43,73-74H,12-13,17-18,21-30,61H2,1-11H3,(H,62,83)(H,63,84)(H,64,85)(H,65,75)(H,66,80)(H,67,77)(H,68,76)(H,69,82)(H,70,81)(H,71,78)(H,72,79)/t32-,34+,35+,36+,37+,38+,39+,40-,41-,42+,43+/m1/s1. The van der Waals surface area contributed by atoms with E-state index in [0.29, 0.717) is 18.4 Å². The van der Waals surface area contributed by atoms with Crippen LogP contribution in [0.5, 0.6) is 0 Å². The first-order valence-electron chi connectivity index (χ1n) is 29.3. The van der Waals surface area contributed by atoms with Crippen molar-refractivity contribution in [2.75, 3.05) is 19.6 Å². The first-order valence-corrected chi connectivity index (χ1v) is 29.3. The number of amides is 11. The number of benzene rings is 1. The Labute approximate surface area is 506 Å². The topological polar surface area (TPSA) is 405 Å². The summed E-state index contributed by atoms with van der Waals surface area (Å²) in [5.74, 6) is -9.39. The molecular weight excluding hydrogens is 1150 g/mol. The van der Waals surface area contributed by atoms with Crippen molar-refractivity contribution in [3.8, 4) is 0 Å². The molecule has 1 saturated heterocycles. The van der Waals surface area contributed by atoms with Gasteiger partial charge in [-0.2, -0.15) is 13.2 Å². The first kappa shape index (κ1) is 75.8. The van der Waals surface area contributed by atoms with E-state index in [-0.39, 0.29) is 38.1 Å². The summed E-state index contributed by atoms with van der Waals surface area (Å²) in [5, 5.41) is 49.0. The summed E-state index contributed by atoms with van der Waals surface area (Å²) >= 11 is 0. The molecule has 1 aliphatic rings. The van der Waals surface area contributed by atoms with Crippen LogP contribution in [0.1, 0.15) is 146 Å². The quantitative estimate of drug-likeness (QED) is 0.0752. The molecular formula is C57H93F3N12O15. The lowest BCUT2D eigenvalue weighted by Crippen LogP contribution is -2.61. The number of carbonyl (C=O) groups is 11. The normalized spacial score (nSPS) is 22.4. The molecule has 30 heteroatoms. The maximum Gasteiger partial charge on any atom is 0.407 e. The number of alkyl carbamates (subject to hydrolysis) is 2. The highest BCUT2D eigenvalue weighted by Crippen LogP contribution is 2.23. The fourth-order valence-corrected chi connectivity index (χ4v) is 8.63. The average Bonchev–Trinajstić information content (AvgIpc) is 3.47. The molecule has 0 spiro atoms. The molecule has 1 aromatic carbocycles. The van der Waals surface area contributed by atoms with Crippen molar-refractivity contribution in [1.29, 1.82) is 0 Å². The summed E-state index contributed by atoms with van der Waals surface area (Å²) < 4.78 is 49.9. The maximum absolute atomic E-state index is 14.8. The number of halogens is 3. The van der Waals surface area contributed by atoms with E-state index in [0.717, 1.165) is 0 Å². The van der Waals surface area contributed by atoms with Crippen LogP contribution < -0.4 is 64.2 Å². The number of nitrogens with one attached hydrogen (secondary N) is 11. The molecule has 11 amide bonds. The minimum Gasteiger partial charge on any atom is -0.444 e. The minimum absolute atomic E-state index is 0.0245. The van der Waals surface area contributed by atoms with Crippen LogP contribution >= 0.6 is 0 Å². The van der Waals surface area contributed by atoms with Crippen molar-refractivity contribution in [2.45, 2.75) is 231 Å². The maximum atomic E-state index is 14.8. The van der Waals surface area contributed by atoms with Crippen LogP contribution in [-0.2, 0) is 59.0 Å². The predicted molar refractivity (Wildman–Crippen MR) is 311 cm³/mol. The Hall–Kier alpha value is -7.34. The third-order valence-corrected chi connectivity index (χ3v) is 13.0. The highest BCUT2D eigenvalue weighted by atomic mass is 19.4. The summed E-state index contributed by atoms with van der Waals surface area (Å²) in [6.45, 7) is 16.3. The van der Waals surface area contributed by atoms with E-state index in [4.69, 9.17) is 15.2 Å². The van der Waals surface area contributed by atoms with Gasteiger partial charge in [-0.25, -0.2) is 9.59 Å². The first-order chi connectivity index (χ1) is 40.4. The zero-order chi connectivity index (χ0) is 66.0. The summed E-state index contributed by atoms with van der Waals surface area (Å²) in [6.07, 6.45) is -13.8. The van der Waals surface area contributed by atoms with Gasteiger partial charge in [-0.3, -0.25) is 43.2 Å². The van der Waals surface area contributed by atoms with E-state index in [1.165, 1.54) is 6.92 Å². The van der Waals surface area contributed by atoms with Gasteiger partial charge in [0.2, 0.25) is 53.2 Å². The van der Waals surface area contributed by atoms with Crippen LogP contribution in [0, 0.1) is 5.92 Å². The smallest absolute Gasteiger partial charge is 0.407 e. The number of carbonyl (C=O) groups excluding carboxylic acids is 11.